The van der Waals surface area contributed by atoms with Crippen LogP contribution in [0.2, 0.25) is 0 Å². The molecule has 15 heavy (non-hydrogen) atoms. The topological polar surface area (TPSA) is 44.5 Å². The molecule has 0 bridgehead atoms. The molecular formula is C12H17NO2. The molecule has 1 heterocycles. The number of hydrogen-bond acceptors (Lipinski definition) is 3. The molecule has 0 unspecified atom stereocenters. The molecule has 0 aliphatic carbocycles. The lowest BCUT2D eigenvalue weighted by Crippen LogP contribution is -2.14. The van der Waals surface area contributed by atoms with Gasteiger partial charge in [0.15, 0.2) is 6.29 Å². The zero-order valence-corrected chi connectivity index (χ0v) is 8.82. The molecule has 1 saturated heterocycles. The molecule has 0 amide bonds. The number of ether oxygens (including phenoxy) is 2. The summed E-state index contributed by atoms with van der Waals surface area (Å²) < 4.78 is 10.9. The first-order valence-electron chi connectivity index (χ1n) is 5.40. The third kappa shape index (κ3) is 2.78. The van der Waals surface area contributed by atoms with Crippen molar-refractivity contribution in [2.24, 2.45) is 5.73 Å². The maximum Gasteiger partial charge on any atom is 0.161 e. The van der Waals surface area contributed by atoms with Crippen LogP contribution in [0.25, 0.3) is 0 Å². The average Bonchev–Trinajstić information content (AvgIpc) is 2.74. The number of rotatable bonds is 4. The van der Waals surface area contributed by atoms with Crippen LogP contribution in [-0.4, -0.2) is 26.0 Å². The van der Waals surface area contributed by atoms with E-state index in [4.69, 9.17) is 15.2 Å². The second-order valence-corrected chi connectivity index (χ2v) is 3.68. The molecule has 0 aromatic heterocycles. The smallest absolute Gasteiger partial charge is 0.161 e. The Balaban J connectivity index is 2.05. The van der Waals surface area contributed by atoms with Crippen molar-refractivity contribution in [3.8, 4) is 0 Å². The van der Waals surface area contributed by atoms with E-state index in [1.54, 1.807) is 0 Å². The van der Waals surface area contributed by atoms with Crippen LogP contribution in [0.15, 0.2) is 24.3 Å². The van der Waals surface area contributed by atoms with Crippen molar-refractivity contribution in [1.29, 1.82) is 0 Å². The van der Waals surface area contributed by atoms with Gasteiger partial charge in [0.05, 0.1) is 13.2 Å². The molecular weight excluding hydrogens is 190 g/mol. The van der Waals surface area contributed by atoms with Crippen LogP contribution < -0.4 is 5.73 Å². The summed E-state index contributed by atoms with van der Waals surface area (Å²) in [5, 5.41) is 0. The normalized spacial score (nSPS) is 17.1. The summed E-state index contributed by atoms with van der Waals surface area (Å²) in [6, 6.07) is 8.34. The zero-order chi connectivity index (χ0) is 10.5. The first-order valence-corrected chi connectivity index (χ1v) is 5.40. The molecule has 1 fully saturated rings. The molecule has 0 spiro atoms. The van der Waals surface area contributed by atoms with E-state index < -0.39 is 0 Å². The summed E-state index contributed by atoms with van der Waals surface area (Å²) in [6.45, 7) is 2.11. The molecule has 1 aliphatic rings. The highest BCUT2D eigenvalue weighted by molar-refractivity contribution is 5.27. The van der Waals surface area contributed by atoms with Crippen molar-refractivity contribution < 1.29 is 9.47 Å². The Morgan fingerprint density at radius 1 is 1.13 bits per heavy atom. The molecule has 2 rings (SSSR count). The van der Waals surface area contributed by atoms with Crippen molar-refractivity contribution in [3.05, 3.63) is 35.4 Å². The van der Waals surface area contributed by atoms with E-state index in [1.165, 1.54) is 11.1 Å². The largest absolute Gasteiger partial charge is 0.350 e. The van der Waals surface area contributed by atoms with E-state index in [9.17, 15) is 0 Å². The standard InChI is InChI=1S/C12H17NO2/c13-6-5-10-3-1-2-4-11(10)9-12-14-7-8-15-12/h1-4,12H,5-9,13H2. The summed E-state index contributed by atoms with van der Waals surface area (Å²) in [6.07, 6.45) is 1.68. The summed E-state index contributed by atoms with van der Waals surface area (Å²) >= 11 is 0. The fraction of sp³-hybridized carbons (Fsp3) is 0.500. The zero-order valence-electron chi connectivity index (χ0n) is 8.82. The van der Waals surface area contributed by atoms with Gasteiger partial charge in [-0.25, -0.2) is 0 Å². The molecule has 0 atom stereocenters. The van der Waals surface area contributed by atoms with Crippen LogP contribution in [0.4, 0.5) is 0 Å². The van der Waals surface area contributed by atoms with E-state index in [1.807, 2.05) is 12.1 Å². The minimum Gasteiger partial charge on any atom is -0.350 e. The molecule has 3 nitrogen and oxygen atoms in total. The number of nitrogens with two attached hydrogens (primary N) is 1. The highest BCUT2D eigenvalue weighted by Gasteiger charge is 2.17. The number of hydrogen-bond donors (Lipinski definition) is 1. The van der Waals surface area contributed by atoms with Gasteiger partial charge < -0.3 is 15.2 Å². The lowest BCUT2D eigenvalue weighted by molar-refractivity contribution is -0.0401. The first kappa shape index (κ1) is 10.6. The molecule has 1 aliphatic heterocycles. The van der Waals surface area contributed by atoms with Gasteiger partial charge in [-0.1, -0.05) is 24.3 Å². The molecule has 2 N–H and O–H groups in total. The van der Waals surface area contributed by atoms with Gasteiger partial charge in [-0.2, -0.15) is 0 Å². The SMILES string of the molecule is NCCc1ccccc1CC1OCCO1. The maximum atomic E-state index is 5.58. The van der Waals surface area contributed by atoms with Crippen LogP contribution in [0.5, 0.6) is 0 Å². The van der Waals surface area contributed by atoms with E-state index in [0.717, 1.165) is 12.8 Å². The van der Waals surface area contributed by atoms with Crippen molar-refractivity contribution in [3.63, 3.8) is 0 Å². The predicted octanol–water partition coefficient (Wildman–Crippen LogP) is 1.10. The van der Waals surface area contributed by atoms with Crippen LogP contribution in [-0.2, 0) is 22.3 Å². The Morgan fingerprint density at radius 2 is 1.80 bits per heavy atom. The minimum absolute atomic E-state index is 0.0658. The van der Waals surface area contributed by atoms with E-state index in [2.05, 4.69) is 12.1 Å². The predicted molar refractivity (Wildman–Crippen MR) is 58.6 cm³/mol. The fourth-order valence-electron chi connectivity index (χ4n) is 1.86. The maximum absolute atomic E-state index is 5.58. The Morgan fingerprint density at radius 3 is 2.47 bits per heavy atom. The van der Waals surface area contributed by atoms with E-state index in [-0.39, 0.29) is 6.29 Å². The van der Waals surface area contributed by atoms with E-state index >= 15 is 0 Å². The highest BCUT2D eigenvalue weighted by atomic mass is 16.7. The first-order chi connectivity index (χ1) is 7.40. The second kappa shape index (κ2) is 5.26. The molecule has 0 radical (unpaired) electrons. The molecule has 1 aromatic carbocycles. The van der Waals surface area contributed by atoms with Gasteiger partial charge in [0.25, 0.3) is 0 Å². The van der Waals surface area contributed by atoms with Crippen molar-refractivity contribution >= 4 is 0 Å². The molecule has 3 heteroatoms. The van der Waals surface area contributed by atoms with Crippen LogP contribution in [0, 0.1) is 0 Å². The van der Waals surface area contributed by atoms with Gasteiger partial charge in [0.2, 0.25) is 0 Å². The van der Waals surface area contributed by atoms with Crippen LogP contribution in [0.1, 0.15) is 11.1 Å². The fourth-order valence-corrected chi connectivity index (χ4v) is 1.86. The molecule has 1 aromatic rings. The minimum atomic E-state index is -0.0658. The van der Waals surface area contributed by atoms with Gasteiger partial charge in [-0.15, -0.1) is 0 Å². The summed E-state index contributed by atoms with van der Waals surface area (Å²) in [4.78, 5) is 0. The Hall–Kier alpha value is -0.900. The quantitative estimate of drug-likeness (QED) is 0.804. The van der Waals surface area contributed by atoms with E-state index in [0.29, 0.717) is 19.8 Å². The van der Waals surface area contributed by atoms with Gasteiger partial charge in [0.1, 0.15) is 0 Å². The van der Waals surface area contributed by atoms with Crippen LogP contribution >= 0.6 is 0 Å². The summed E-state index contributed by atoms with van der Waals surface area (Å²) in [5.41, 5.74) is 8.17. The van der Waals surface area contributed by atoms with Gasteiger partial charge in [-0.05, 0) is 24.1 Å². The lowest BCUT2D eigenvalue weighted by Gasteiger charge is -2.12. The monoisotopic (exact) mass is 207 g/mol. The van der Waals surface area contributed by atoms with Crippen molar-refractivity contribution in [2.45, 2.75) is 19.1 Å². The summed E-state index contributed by atoms with van der Waals surface area (Å²) in [5.74, 6) is 0. The second-order valence-electron chi connectivity index (χ2n) is 3.68. The van der Waals surface area contributed by atoms with Gasteiger partial charge in [0, 0.05) is 6.42 Å². The Kier molecular flexibility index (Phi) is 3.72. The van der Waals surface area contributed by atoms with Gasteiger partial charge >= 0.3 is 0 Å². The Bertz CT molecular complexity index is 308. The van der Waals surface area contributed by atoms with Gasteiger partial charge in [-0.3, -0.25) is 0 Å². The lowest BCUT2D eigenvalue weighted by atomic mass is 10.0. The summed E-state index contributed by atoms with van der Waals surface area (Å²) in [7, 11) is 0. The number of benzene rings is 1. The average molecular weight is 207 g/mol. The third-order valence-electron chi connectivity index (χ3n) is 2.61. The molecule has 0 saturated carbocycles. The van der Waals surface area contributed by atoms with Crippen molar-refractivity contribution in [2.75, 3.05) is 19.8 Å². The Labute approximate surface area is 90.2 Å². The van der Waals surface area contributed by atoms with Crippen molar-refractivity contribution in [1.82, 2.24) is 0 Å². The van der Waals surface area contributed by atoms with Crippen LogP contribution in [0.3, 0.4) is 0 Å². The molecule has 82 valence electrons. The third-order valence-corrected chi connectivity index (χ3v) is 2.61. The highest BCUT2D eigenvalue weighted by Crippen LogP contribution is 2.15.